The molecule has 7 unspecified atom stereocenters. The van der Waals surface area contributed by atoms with Gasteiger partial charge < -0.3 is 34.6 Å². The molecular weight excluding hydrogens is 544 g/mol. The van der Waals surface area contributed by atoms with Crippen LogP contribution in [-0.4, -0.2) is 90.0 Å². The van der Waals surface area contributed by atoms with Crippen molar-refractivity contribution in [1.82, 2.24) is 0 Å². The number of aliphatic carboxylic acids is 1. The van der Waals surface area contributed by atoms with Gasteiger partial charge in [-0.05, 0) is 74.2 Å². The summed E-state index contributed by atoms with van der Waals surface area (Å²) in [6.07, 6.45) is 5.09. The monoisotopic (exact) mass is 592 g/mol. The van der Waals surface area contributed by atoms with Crippen LogP contribution in [0.1, 0.15) is 59.3 Å². The number of ether oxygens (including phenoxy) is 3. The summed E-state index contributed by atoms with van der Waals surface area (Å²) in [7, 11) is 0. The van der Waals surface area contributed by atoms with Crippen molar-refractivity contribution < 1.29 is 49.0 Å². The minimum atomic E-state index is -1.23. The summed E-state index contributed by atoms with van der Waals surface area (Å²) in [6, 6.07) is 0. The normalized spacial score (nSPS) is 39.5. The second-order valence-corrected chi connectivity index (χ2v) is 14.3. The zero-order valence-electron chi connectivity index (χ0n) is 25.1. The number of carbonyl (C=O) groups excluding carboxylic acids is 2. The molecule has 2 bridgehead atoms. The van der Waals surface area contributed by atoms with E-state index in [0.717, 1.165) is 37.7 Å². The molecule has 4 N–H and O–H groups in total. The zero-order valence-corrected chi connectivity index (χ0v) is 25.1. The summed E-state index contributed by atoms with van der Waals surface area (Å²) >= 11 is 0. The SMILES string of the molecule is CC(=O)O[C@@H]1C[C@]23COCC(C2CCC2C3=CC(=O)C3C2CCC(CC(C)C)C3C(=O)O)[C@H]1OCC(CO)(CO)CO. The molecule has 4 aliphatic carbocycles. The first-order chi connectivity index (χ1) is 20.0. The highest BCUT2D eigenvalue weighted by atomic mass is 16.6. The maximum Gasteiger partial charge on any atom is 0.307 e. The minimum Gasteiger partial charge on any atom is -0.481 e. The van der Waals surface area contributed by atoms with Crippen LogP contribution in [0.5, 0.6) is 0 Å². The molecule has 0 aromatic rings. The highest BCUT2D eigenvalue weighted by Gasteiger charge is 2.64. The fourth-order valence-corrected chi connectivity index (χ4v) is 9.53. The third kappa shape index (κ3) is 5.36. The molecule has 10 heteroatoms. The molecule has 1 saturated heterocycles. The van der Waals surface area contributed by atoms with Gasteiger partial charge in [0.1, 0.15) is 6.10 Å². The van der Waals surface area contributed by atoms with Gasteiger partial charge in [-0.2, -0.15) is 0 Å². The van der Waals surface area contributed by atoms with E-state index >= 15 is 0 Å². The molecule has 1 heterocycles. The number of aliphatic hydroxyl groups is 3. The largest absolute Gasteiger partial charge is 0.481 e. The van der Waals surface area contributed by atoms with Gasteiger partial charge in [0.25, 0.3) is 0 Å². The highest BCUT2D eigenvalue weighted by Crippen LogP contribution is 2.64. The molecule has 236 valence electrons. The Morgan fingerprint density at radius 2 is 1.81 bits per heavy atom. The Bertz CT molecular complexity index is 1060. The molecule has 0 spiro atoms. The number of fused-ring (bicyclic) bond motifs is 3. The average Bonchev–Trinajstić information content (AvgIpc) is 2.94. The van der Waals surface area contributed by atoms with E-state index in [0.29, 0.717) is 25.6 Å². The van der Waals surface area contributed by atoms with E-state index in [1.165, 1.54) is 6.92 Å². The third-order valence-electron chi connectivity index (χ3n) is 11.3. The van der Waals surface area contributed by atoms with Crippen LogP contribution in [0.4, 0.5) is 0 Å². The van der Waals surface area contributed by atoms with Crippen molar-refractivity contribution in [3.05, 3.63) is 11.6 Å². The van der Waals surface area contributed by atoms with Crippen LogP contribution >= 0.6 is 0 Å². The third-order valence-corrected chi connectivity index (χ3v) is 11.3. The molecular formula is C32H48O10. The van der Waals surface area contributed by atoms with Crippen molar-refractivity contribution in [1.29, 1.82) is 0 Å². The standard InChI is InChI=1S/C32H48O10/c1-17(2)8-19-4-5-21-20-6-7-23-22-11-40-16-32(23,24(20)9-25(37)28(21)27(19)30(38)39)10-26(42-18(3)36)29(22)41-15-31(12-33,13-34)14-35/h9,17,19-23,26-29,33-35H,4-8,10-16H2,1-3H3,(H,38,39)/t19?,20?,21?,22?,23?,26-,27?,28?,29-,32+/m1/s1. The Morgan fingerprint density at radius 1 is 1.10 bits per heavy atom. The van der Waals surface area contributed by atoms with E-state index in [1.54, 1.807) is 6.08 Å². The van der Waals surface area contributed by atoms with Crippen LogP contribution in [0.15, 0.2) is 11.6 Å². The van der Waals surface area contributed by atoms with Gasteiger partial charge in [0, 0.05) is 24.2 Å². The van der Waals surface area contributed by atoms with Gasteiger partial charge in [-0.1, -0.05) is 19.4 Å². The number of ketones is 1. The van der Waals surface area contributed by atoms with Crippen LogP contribution in [0.2, 0.25) is 0 Å². The number of hydrogen-bond acceptors (Lipinski definition) is 9. The molecule has 5 rings (SSSR count). The van der Waals surface area contributed by atoms with Gasteiger partial charge in [-0.25, -0.2) is 0 Å². The van der Waals surface area contributed by atoms with Crippen molar-refractivity contribution >= 4 is 17.7 Å². The Balaban J connectivity index is 1.48. The Morgan fingerprint density at radius 3 is 2.43 bits per heavy atom. The van der Waals surface area contributed by atoms with Gasteiger partial charge in [0.15, 0.2) is 5.78 Å². The van der Waals surface area contributed by atoms with Crippen molar-refractivity contribution in [2.24, 2.45) is 58.2 Å². The van der Waals surface area contributed by atoms with Gasteiger partial charge in [-0.15, -0.1) is 0 Å². The lowest BCUT2D eigenvalue weighted by molar-refractivity contribution is -0.233. The summed E-state index contributed by atoms with van der Waals surface area (Å²) < 4.78 is 18.4. The first-order valence-corrected chi connectivity index (χ1v) is 15.7. The molecule has 1 aliphatic heterocycles. The van der Waals surface area contributed by atoms with Crippen LogP contribution in [-0.2, 0) is 28.6 Å². The molecule has 0 amide bonds. The van der Waals surface area contributed by atoms with E-state index in [2.05, 4.69) is 13.8 Å². The molecule has 4 fully saturated rings. The lowest BCUT2D eigenvalue weighted by Crippen LogP contribution is -2.64. The molecule has 0 aromatic heterocycles. The van der Waals surface area contributed by atoms with Crippen LogP contribution in [0, 0.1) is 58.2 Å². The fraction of sp³-hybridized carbons (Fsp3) is 0.844. The molecule has 10 atom stereocenters. The number of esters is 1. The highest BCUT2D eigenvalue weighted by molar-refractivity contribution is 5.97. The number of hydrogen-bond donors (Lipinski definition) is 4. The van der Waals surface area contributed by atoms with Crippen molar-refractivity contribution in [2.45, 2.75) is 71.5 Å². The Kier molecular flexibility index (Phi) is 9.22. The second-order valence-electron chi connectivity index (χ2n) is 14.3. The minimum absolute atomic E-state index is 0.00985. The number of carboxylic acid groups (broad SMARTS) is 1. The second kappa shape index (κ2) is 12.3. The van der Waals surface area contributed by atoms with E-state index < -0.39 is 66.6 Å². The van der Waals surface area contributed by atoms with E-state index in [4.69, 9.17) is 14.2 Å². The number of carbonyl (C=O) groups is 3. The topological polar surface area (TPSA) is 160 Å². The molecule has 10 nitrogen and oxygen atoms in total. The lowest BCUT2D eigenvalue weighted by Gasteiger charge is -2.63. The first-order valence-electron chi connectivity index (χ1n) is 15.7. The van der Waals surface area contributed by atoms with Gasteiger partial charge in [0.05, 0.1) is 57.1 Å². The lowest BCUT2D eigenvalue weighted by atomic mass is 9.45. The van der Waals surface area contributed by atoms with Crippen molar-refractivity contribution in [3.8, 4) is 0 Å². The van der Waals surface area contributed by atoms with Crippen LogP contribution in [0.3, 0.4) is 0 Å². The first kappa shape index (κ1) is 31.6. The number of rotatable bonds is 10. The maximum absolute atomic E-state index is 13.9. The van der Waals surface area contributed by atoms with E-state index in [9.17, 15) is 34.8 Å². The summed E-state index contributed by atoms with van der Waals surface area (Å²) in [6.45, 7) is 4.83. The van der Waals surface area contributed by atoms with Crippen molar-refractivity contribution in [3.63, 3.8) is 0 Å². The average molecular weight is 593 g/mol. The molecule has 42 heavy (non-hydrogen) atoms. The maximum atomic E-state index is 13.9. The van der Waals surface area contributed by atoms with Gasteiger partial charge in [0.2, 0.25) is 0 Å². The van der Waals surface area contributed by atoms with E-state index in [1.807, 2.05) is 0 Å². The number of allylic oxidation sites excluding steroid dienone is 1. The van der Waals surface area contributed by atoms with Crippen LogP contribution < -0.4 is 0 Å². The van der Waals surface area contributed by atoms with Crippen molar-refractivity contribution in [2.75, 3.05) is 39.6 Å². The Labute approximate surface area is 247 Å². The molecule has 0 aromatic carbocycles. The summed E-state index contributed by atoms with van der Waals surface area (Å²) in [4.78, 5) is 38.8. The van der Waals surface area contributed by atoms with Gasteiger partial charge in [-0.3, -0.25) is 14.4 Å². The van der Waals surface area contributed by atoms with Gasteiger partial charge >= 0.3 is 11.9 Å². The smallest absolute Gasteiger partial charge is 0.307 e. The zero-order chi connectivity index (χ0) is 30.4. The Hall–Kier alpha value is -1.85. The fourth-order valence-electron chi connectivity index (χ4n) is 9.53. The van der Waals surface area contributed by atoms with E-state index in [-0.39, 0.29) is 42.0 Å². The number of carboxylic acids is 1. The van der Waals surface area contributed by atoms with Crippen LogP contribution in [0.25, 0.3) is 0 Å². The predicted molar refractivity (Wildman–Crippen MR) is 150 cm³/mol. The molecule has 5 aliphatic rings. The summed E-state index contributed by atoms with van der Waals surface area (Å²) in [5.41, 5.74) is -0.723. The predicted octanol–water partition coefficient (Wildman–Crippen LogP) is 2.23. The summed E-state index contributed by atoms with van der Waals surface area (Å²) in [5.74, 6) is -2.26. The molecule has 3 saturated carbocycles. The quantitative estimate of drug-likeness (QED) is 0.277. The molecule has 0 radical (unpaired) electrons. The number of aliphatic hydroxyl groups excluding tert-OH is 3. The summed E-state index contributed by atoms with van der Waals surface area (Å²) in [5, 5.41) is 39.9.